The quantitative estimate of drug-likeness (QED) is 0.777. The molecule has 2 aromatic rings. The fourth-order valence-corrected chi connectivity index (χ4v) is 2.25. The molecule has 4 heteroatoms. The number of rotatable bonds is 5. The molecule has 1 unspecified atom stereocenters. The Balaban J connectivity index is 2.47. The number of carbonyl (C=O) groups is 1. The molecule has 1 heterocycles. The van der Waals surface area contributed by atoms with E-state index in [0.29, 0.717) is 13.2 Å². The van der Waals surface area contributed by atoms with Crippen LogP contribution >= 0.6 is 0 Å². The molecule has 1 atom stereocenters. The topological polar surface area (TPSA) is 40.5 Å². The van der Waals surface area contributed by atoms with E-state index in [-0.39, 0.29) is 5.97 Å². The Hall–Kier alpha value is -1.81. The van der Waals surface area contributed by atoms with Crippen molar-refractivity contribution >= 4 is 16.9 Å². The summed E-state index contributed by atoms with van der Waals surface area (Å²) in [6.45, 7) is 4.49. The number of benzene rings is 1. The van der Waals surface area contributed by atoms with Crippen molar-refractivity contribution < 1.29 is 14.3 Å². The Kier molecular flexibility index (Phi) is 4.22. The molecule has 0 saturated heterocycles. The van der Waals surface area contributed by atoms with Gasteiger partial charge in [-0.25, -0.2) is 4.79 Å². The summed E-state index contributed by atoms with van der Waals surface area (Å²) in [5.41, 5.74) is 1.94. The molecular weight excluding hydrogens is 242 g/mol. The van der Waals surface area contributed by atoms with E-state index in [1.54, 1.807) is 6.92 Å². The minimum atomic E-state index is -0.656. The van der Waals surface area contributed by atoms with Gasteiger partial charge in [0.2, 0.25) is 0 Å². The molecule has 0 saturated carbocycles. The molecule has 0 aliphatic heterocycles. The van der Waals surface area contributed by atoms with Crippen molar-refractivity contribution in [1.82, 2.24) is 4.57 Å². The Labute approximate surface area is 112 Å². The first-order valence-electron chi connectivity index (χ1n) is 6.51. The fraction of sp³-hybridized carbons (Fsp3) is 0.400. The van der Waals surface area contributed by atoms with Crippen molar-refractivity contribution in [2.75, 3.05) is 13.2 Å². The van der Waals surface area contributed by atoms with Crippen LogP contribution in [-0.4, -0.2) is 23.8 Å². The average Bonchev–Trinajstić information content (AvgIpc) is 2.74. The number of carbonyl (C=O) groups excluding carboxylic acids is 1. The van der Waals surface area contributed by atoms with Crippen molar-refractivity contribution in [2.45, 2.75) is 20.0 Å². The lowest BCUT2D eigenvalue weighted by Crippen LogP contribution is -2.18. The van der Waals surface area contributed by atoms with Gasteiger partial charge in [-0.3, -0.25) is 0 Å². The highest BCUT2D eigenvalue weighted by Crippen LogP contribution is 2.29. The number of nitrogens with zero attached hydrogens (tertiary/aromatic N) is 1. The van der Waals surface area contributed by atoms with Crippen molar-refractivity contribution in [1.29, 1.82) is 0 Å². The van der Waals surface area contributed by atoms with Crippen LogP contribution in [0.1, 0.15) is 25.5 Å². The molecule has 2 rings (SSSR count). The Bertz CT molecular complexity index is 574. The van der Waals surface area contributed by atoms with Gasteiger partial charge >= 0.3 is 5.97 Å². The zero-order valence-electron chi connectivity index (χ0n) is 11.6. The largest absolute Gasteiger partial charge is 0.464 e. The van der Waals surface area contributed by atoms with E-state index >= 15 is 0 Å². The number of fused-ring (bicyclic) bond motifs is 1. The van der Waals surface area contributed by atoms with Crippen molar-refractivity contribution in [2.24, 2.45) is 7.05 Å². The molecule has 0 aliphatic rings. The maximum atomic E-state index is 12.0. The van der Waals surface area contributed by atoms with E-state index in [4.69, 9.17) is 9.47 Å². The summed E-state index contributed by atoms with van der Waals surface area (Å²) in [5.74, 6) is -0.333. The minimum absolute atomic E-state index is 0.333. The summed E-state index contributed by atoms with van der Waals surface area (Å²) in [6, 6.07) is 7.95. The van der Waals surface area contributed by atoms with Gasteiger partial charge in [0.15, 0.2) is 6.10 Å². The van der Waals surface area contributed by atoms with Crippen LogP contribution in [0.25, 0.3) is 10.9 Å². The summed E-state index contributed by atoms with van der Waals surface area (Å²) in [6.07, 6.45) is 1.28. The summed E-state index contributed by atoms with van der Waals surface area (Å²) >= 11 is 0. The highest BCUT2D eigenvalue weighted by atomic mass is 16.6. The Morgan fingerprint density at radius 3 is 2.68 bits per heavy atom. The van der Waals surface area contributed by atoms with Gasteiger partial charge in [-0.1, -0.05) is 18.2 Å². The van der Waals surface area contributed by atoms with E-state index < -0.39 is 6.10 Å². The standard InChI is InChI=1S/C15H19NO3/c1-4-18-14(15(17)19-5-2)12-10-16(3)13-9-7-6-8-11(12)13/h6-10,14H,4-5H2,1-3H3. The minimum Gasteiger partial charge on any atom is -0.464 e. The van der Waals surface area contributed by atoms with Gasteiger partial charge in [0.1, 0.15) is 0 Å². The third-order valence-electron chi connectivity index (χ3n) is 3.04. The maximum absolute atomic E-state index is 12.0. The van der Waals surface area contributed by atoms with Gasteiger partial charge in [-0.2, -0.15) is 0 Å². The molecule has 102 valence electrons. The summed E-state index contributed by atoms with van der Waals surface area (Å²) in [4.78, 5) is 12.0. The maximum Gasteiger partial charge on any atom is 0.340 e. The van der Waals surface area contributed by atoms with Crippen molar-refractivity contribution in [3.63, 3.8) is 0 Å². The van der Waals surface area contributed by atoms with Crippen LogP contribution in [0, 0.1) is 0 Å². The molecule has 0 fully saturated rings. The molecule has 1 aromatic carbocycles. The summed E-state index contributed by atoms with van der Waals surface area (Å²) in [5, 5.41) is 1.02. The van der Waals surface area contributed by atoms with E-state index in [2.05, 4.69) is 0 Å². The van der Waals surface area contributed by atoms with Crippen molar-refractivity contribution in [3.8, 4) is 0 Å². The second kappa shape index (κ2) is 5.89. The second-order valence-electron chi connectivity index (χ2n) is 4.30. The van der Waals surface area contributed by atoms with E-state index in [0.717, 1.165) is 16.5 Å². The lowest BCUT2D eigenvalue weighted by molar-refractivity contribution is -0.156. The number of ether oxygens (including phenoxy) is 2. The first kappa shape index (κ1) is 13.6. The molecule has 0 N–H and O–H groups in total. The number of hydrogen-bond donors (Lipinski definition) is 0. The first-order chi connectivity index (χ1) is 9.19. The lowest BCUT2D eigenvalue weighted by atomic mass is 10.1. The first-order valence-corrected chi connectivity index (χ1v) is 6.51. The van der Waals surface area contributed by atoms with Crippen molar-refractivity contribution in [3.05, 3.63) is 36.0 Å². The van der Waals surface area contributed by atoms with Gasteiger partial charge in [0.25, 0.3) is 0 Å². The summed E-state index contributed by atoms with van der Waals surface area (Å²) in [7, 11) is 1.96. The Morgan fingerprint density at radius 2 is 2.00 bits per heavy atom. The van der Waals surface area contributed by atoms with E-state index in [9.17, 15) is 4.79 Å². The van der Waals surface area contributed by atoms with E-state index in [1.165, 1.54) is 0 Å². The summed E-state index contributed by atoms with van der Waals surface area (Å²) < 4.78 is 12.7. The molecule has 0 amide bonds. The monoisotopic (exact) mass is 261 g/mol. The Morgan fingerprint density at radius 1 is 1.26 bits per heavy atom. The zero-order valence-corrected chi connectivity index (χ0v) is 11.6. The number of esters is 1. The molecule has 4 nitrogen and oxygen atoms in total. The van der Waals surface area contributed by atoms with Gasteiger partial charge in [0.05, 0.1) is 6.61 Å². The van der Waals surface area contributed by atoms with Gasteiger partial charge < -0.3 is 14.0 Å². The van der Waals surface area contributed by atoms with Crippen LogP contribution < -0.4 is 0 Å². The smallest absolute Gasteiger partial charge is 0.340 e. The normalized spacial score (nSPS) is 12.6. The number of aryl methyl sites for hydroxylation is 1. The van der Waals surface area contributed by atoms with Crippen LogP contribution in [0.5, 0.6) is 0 Å². The molecule has 0 spiro atoms. The van der Waals surface area contributed by atoms with Crippen LogP contribution in [0.3, 0.4) is 0 Å². The lowest BCUT2D eigenvalue weighted by Gasteiger charge is -2.14. The fourth-order valence-electron chi connectivity index (χ4n) is 2.25. The van der Waals surface area contributed by atoms with Gasteiger partial charge in [-0.15, -0.1) is 0 Å². The molecule has 0 aliphatic carbocycles. The van der Waals surface area contributed by atoms with Crippen LogP contribution in [-0.2, 0) is 21.3 Å². The van der Waals surface area contributed by atoms with E-state index in [1.807, 2.05) is 49.0 Å². The van der Waals surface area contributed by atoms with Gasteiger partial charge in [0, 0.05) is 36.3 Å². The zero-order chi connectivity index (χ0) is 13.8. The third kappa shape index (κ3) is 2.63. The number of para-hydroxylation sites is 1. The number of aromatic nitrogens is 1. The molecule has 0 bridgehead atoms. The highest BCUT2D eigenvalue weighted by Gasteiger charge is 2.25. The van der Waals surface area contributed by atoms with Gasteiger partial charge in [-0.05, 0) is 19.9 Å². The average molecular weight is 261 g/mol. The molecular formula is C15H19NO3. The van der Waals surface area contributed by atoms with Crippen LogP contribution in [0.2, 0.25) is 0 Å². The third-order valence-corrected chi connectivity index (χ3v) is 3.04. The van der Waals surface area contributed by atoms with Crippen LogP contribution in [0.15, 0.2) is 30.5 Å². The molecule has 1 aromatic heterocycles. The number of hydrogen-bond acceptors (Lipinski definition) is 3. The highest BCUT2D eigenvalue weighted by molar-refractivity contribution is 5.89. The second-order valence-corrected chi connectivity index (χ2v) is 4.30. The van der Waals surface area contributed by atoms with Crippen LogP contribution in [0.4, 0.5) is 0 Å². The molecule has 0 radical (unpaired) electrons. The predicted molar refractivity (Wildman–Crippen MR) is 73.9 cm³/mol. The predicted octanol–water partition coefficient (Wildman–Crippen LogP) is 2.82. The molecule has 19 heavy (non-hydrogen) atoms. The SMILES string of the molecule is CCOC(=O)C(OCC)c1cn(C)c2ccccc12.